The third kappa shape index (κ3) is 2.77. The minimum Gasteiger partial charge on any atom is -0.444 e. The molecule has 1 fully saturated rings. The maximum atomic E-state index is 13.0. The minimum absolute atomic E-state index is 0.0680. The number of ketones is 1. The number of Topliss-reactive ketones (excluding diaryl/α,β-unsaturated/α-hetero) is 1. The van der Waals surface area contributed by atoms with Crippen molar-refractivity contribution in [2.24, 2.45) is 5.41 Å². The van der Waals surface area contributed by atoms with Crippen molar-refractivity contribution in [3.63, 3.8) is 0 Å². The highest BCUT2D eigenvalue weighted by atomic mass is 16.6. The average molecular weight is 326 g/mol. The van der Waals surface area contributed by atoms with Gasteiger partial charge in [0.1, 0.15) is 5.60 Å². The Morgan fingerprint density at radius 3 is 2.54 bits per heavy atom. The number of ether oxygens (including phenoxy) is 1. The summed E-state index contributed by atoms with van der Waals surface area (Å²) in [7, 11) is 0. The van der Waals surface area contributed by atoms with Gasteiger partial charge in [-0.3, -0.25) is 4.79 Å². The van der Waals surface area contributed by atoms with E-state index in [2.05, 4.69) is 6.07 Å². The van der Waals surface area contributed by atoms with Gasteiger partial charge in [-0.05, 0) is 51.7 Å². The number of hydrogen-bond acceptors (Lipinski definition) is 4. The van der Waals surface area contributed by atoms with Gasteiger partial charge in [0.05, 0.1) is 11.6 Å². The van der Waals surface area contributed by atoms with Gasteiger partial charge in [-0.1, -0.05) is 12.1 Å². The fourth-order valence-corrected chi connectivity index (χ4v) is 3.67. The van der Waals surface area contributed by atoms with Crippen molar-refractivity contribution >= 4 is 11.9 Å². The van der Waals surface area contributed by atoms with Gasteiger partial charge in [0.15, 0.2) is 5.78 Å². The van der Waals surface area contributed by atoms with E-state index in [0.717, 1.165) is 5.56 Å². The number of nitrogens with zero attached hydrogens (tertiary/aromatic N) is 2. The van der Waals surface area contributed by atoms with Crippen molar-refractivity contribution < 1.29 is 14.3 Å². The molecule has 1 heterocycles. The summed E-state index contributed by atoms with van der Waals surface area (Å²) in [5, 5.41) is 9.26. The highest BCUT2D eigenvalue weighted by Crippen LogP contribution is 2.45. The SMILES string of the molecule is CC(C)(C)OC(=O)N1CCC2(CC1)Cc1cccc(C#N)c1C2=O. The zero-order valence-corrected chi connectivity index (χ0v) is 14.4. The van der Waals surface area contributed by atoms with E-state index < -0.39 is 11.0 Å². The van der Waals surface area contributed by atoms with Crippen LogP contribution in [0.2, 0.25) is 0 Å². The first kappa shape index (κ1) is 16.5. The third-order valence-electron chi connectivity index (χ3n) is 4.88. The van der Waals surface area contributed by atoms with Crippen molar-refractivity contribution in [1.29, 1.82) is 5.26 Å². The van der Waals surface area contributed by atoms with Gasteiger partial charge in [-0.25, -0.2) is 4.79 Å². The van der Waals surface area contributed by atoms with Crippen LogP contribution in [0, 0.1) is 16.7 Å². The fourth-order valence-electron chi connectivity index (χ4n) is 3.67. The monoisotopic (exact) mass is 326 g/mol. The second-order valence-electron chi connectivity index (χ2n) is 7.71. The molecular formula is C19H22N2O3. The van der Waals surface area contributed by atoms with Gasteiger partial charge in [0.2, 0.25) is 0 Å². The molecule has 24 heavy (non-hydrogen) atoms. The van der Waals surface area contributed by atoms with Crippen LogP contribution < -0.4 is 0 Å². The van der Waals surface area contributed by atoms with Crippen LogP contribution in [0.5, 0.6) is 0 Å². The molecule has 0 bridgehead atoms. The Kier molecular flexibility index (Phi) is 3.87. The molecule has 3 rings (SSSR count). The lowest BCUT2D eigenvalue weighted by atomic mass is 9.75. The fraction of sp³-hybridized carbons (Fsp3) is 0.526. The van der Waals surface area contributed by atoms with Crippen LogP contribution in [0.4, 0.5) is 4.79 Å². The predicted octanol–water partition coefficient (Wildman–Crippen LogP) is 3.31. The Bertz CT molecular complexity index is 732. The summed E-state index contributed by atoms with van der Waals surface area (Å²) in [6.07, 6.45) is 1.58. The van der Waals surface area contributed by atoms with Crippen LogP contribution in [0.1, 0.15) is 55.1 Å². The molecule has 1 aromatic rings. The topological polar surface area (TPSA) is 70.4 Å². The van der Waals surface area contributed by atoms with E-state index in [9.17, 15) is 14.9 Å². The number of benzene rings is 1. The first-order chi connectivity index (χ1) is 11.3. The molecule has 1 aliphatic heterocycles. The lowest BCUT2D eigenvalue weighted by Gasteiger charge is -2.38. The number of piperidine rings is 1. The molecule has 5 nitrogen and oxygen atoms in total. The lowest BCUT2D eigenvalue weighted by Crippen LogP contribution is -2.47. The van der Waals surface area contributed by atoms with Crippen LogP contribution >= 0.6 is 0 Å². The largest absolute Gasteiger partial charge is 0.444 e. The number of rotatable bonds is 0. The number of amides is 1. The van der Waals surface area contributed by atoms with Crippen LogP contribution in [-0.2, 0) is 11.2 Å². The highest BCUT2D eigenvalue weighted by molar-refractivity contribution is 6.07. The predicted molar refractivity (Wildman–Crippen MR) is 88.7 cm³/mol. The molecule has 1 spiro atoms. The molecule has 2 aliphatic rings. The normalized spacial score (nSPS) is 19.1. The Hall–Kier alpha value is -2.35. The molecule has 1 amide bonds. The van der Waals surface area contributed by atoms with Crippen molar-refractivity contribution in [3.8, 4) is 6.07 Å². The molecule has 0 atom stereocenters. The third-order valence-corrected chi connectivity index (χ3v) is 4.88. The van der Waals surface area contributed by atoms with Crippen LogP contribution in [0.25, 0.3) is 0 Å². The number of likely N-dealkylation sites (tertiary alicyclic amines) is 1. The molecule has 126 valence electrons. The average Bonchev–Trinajstić information content (AvgIpc) is 2.79. The van der Waals surface area contributed by atoms with Crippen molar-refractivity contribution in [1.82, 2.24) is 4.90 Å². The number of carbonyl (C=O) groups excluding carboxylic acids is 2. The maximum absolute atomic E-state index is 13.0. The van der Waals surface area contributed by atoms with Crippen LogP contribution in [-0.4, -0.2) is 35.5 Å². The molecule has 0 aromatic heterocycles. The quantitative estimate of drug-likeness (QED) is 0.733. The van der Waals surface area contributed by atoms with E-state index in [4.69, 9.17) is 4.74 Å². The lowest BCUT2D eigenvalue weighted by molar-refractivity contribution is 0.0114. The number of fused-ring (bicyclic) bond motifs is 1. The number of nitriles is 1. The van der Waals surface area contributed by atoms with Gasteiger partial charge < -0.3 is 9.64 Å². The second kappa shape index (κ2) is 5.62. The molecule has 1 saturated heterocycles. The van der Waals surface area contributed by atoms with E-state index in [1.807, 2.05) is 32.9 Å². The molecule has 5 heteroatoms. The van der Waals surface area contributed by atoms with E-state index in [0.29, 0.717) is 43.5 Å². The summed E-state index contributed by atoms with van der Waals surface area (Å²) in [6.45, 7) is 6.55. The van der Waals surface area contributed by atoms with Gasteiger partial charge in [-0.2, -0.15) is 5.26 Å². The van der Waals surface area contributed by atoms with E-state index >= 15 is 0 Å². The van der Waals surface area contributed by atoms with Crippen LogP contribution in [0.15, 0.2) is 18.2 Å². The van der Waals surface area contributed by atoms with Gasteiger partial charge >= 0.3 is 6.09 Å². The zero-order chi connectivity index (χ0) is 17.5. The van der Waals surface area contributed by atoms with E-state index in [-0.39, 0.29) is 11.9 Å². The Morgan fingerprint density at radius 2 is 1.96 bits per heavy atom. The number of carbonyl (C=O) groups is 2. The summed E-state index contributed by atoms with van der Waals surface area (Å²) in [6, 6.07) is 7.59. The zero-order valence-electron chi connectivity index (χ0n) is 14.4. The highest BCUT2D eigenvalue weighted by Gasteiger charge is 2.48. The summed E-state index contributed by atoms with van der Waals surface area (Å²) < 4.78 is 5.41. The van der Waals surface area contributed by atoms with Crippen molar-refractivity contribution in [2.45, 2.75) is 45.6 Å². The van der Waals surface area contributed by atoms with Crippen molar-refractivity contribution in [2.75, 3.05) is 13.1 Å². The van der Waals surface area contributed by atoms with E-state index in [1.165, 1.54) is 0 Å². The smallest absolute Gasteiger partial charge is 0.410 e. The Labute approximate surface area is 142 Å². The molecule has 0 unspecified atom stereocenters. The molecule has 0 saturated carbocycles. The summed E-state index contributed by atoms with van der Waals surface area (Å²) in [5.41, 5.74) is 1.03. The molecule has 1 aromatic carbocycles. The summed E-state index contributed by atoms with van der Waals surface area (Å²) in [5.74, 6) is 0.0680. The van der Waals surface area contributed by atoms with Crippen LogP contribution in [0.3, 0.4) is 0 Å². The molecule has 0 N–H and O–H groups in total. The van der Waals surface area contributed by atoms with Crippen molar-refractivity contribution in [3.05, 3.63) is 34.9 Å². The molecular weight excluding hydrogens is 304 g/mol. The second-order valence-corrected chi connectivity index (χ2v) is 7.71. The Balaban J connectivity index is 1.75. The number of hydrogen-bond donors (Lipinski definition) is 0. The van der Waals surface area contributed by atoms with Gasteiger partial charge in [0.25, 0.3) is 0 Å². The first-order valence-corrected chi connectivity index (χ1v) is 8.30. The molecule has 0 radical (unpaired) electrons. The first-order valence-electron chi connectivity index (χ1n) is 8.30. The van der Waals surface area contributed by atoms with E-state index in [1.54, 1.807) is 11.0 Å². The Morgan fingerprint density at radius 1 is 1.29 bits per heavy atom. The standard InChI is InChI=1S/C19H22N2O3/c1-18(2,3)24-17(23)21-9-7-19(8-10-21)11-13-5-4-6-14(12-20)15(13)16(19)22/h4-6H,7-11H2,1-3H3. The summed E-state index contributed by atoms with van der Waals surface area (Å²) in [4.78, 5) is 26.8. The summed E-state index contributed by atoms with van der Waals surface area (Å²) >= 11 is 0. The van der Waals surface area contributed by atoms with Gasteiger partial charge in [0, 0.05) is 24.1 Å². The maximum Gasteiger partial charge on any atom is 0.410 e. The van der Waals surface area contributed by atoms with Gasteiger partial charge in [-0.15, -0.1) is 0 Å². The minimum atomic E-state index is -0.521. The molecule has 1 aliphatic carbocycles.